The number of nitrogens with zero attached hydrogens (tertiary/aromatic N) is 4. The van der Waals surface area contributed by atoms with Crippen molar-refractivity contribution < 1.29 is 40.7 Å². The molecule has 9 nitrogen and oxygen atoms in total. The molecular weight excluding hydrogens is 570 g/mol. The Labute approximate surface area is 237 Å². The monoisotopic (exact) mass is 600 g/mol. The van der Waals surface area contributed by atoms with E-state index in [4.69, 9.17) is 4.74 Å². The van der Waals surface area contributed by atoms with Crippen LogP contribution in [0.1, 0.15) is 49.0 Å². The van der Waals surface area contributed by atoms with Crippen molar-refractivity contribution in [1.82, 2.24) is 30.3 Å². The molecule has 4 aliphatic rings. The average Bonchev–Trinajstić information content (AvgIpc) is 3.81. The van der Waals surface area contributed by atoms with Crippen molar-refractivity contribution in [2.75, 3.05) is 33.3 Å². The van der Waals surface area contributed by atoms with Crippen LogP contribution in [0.25, 0.3) is 11.3 Å². The summed E-state index contributed by atoms with van der Waals surface area (Å²) in [6, 6.07) is 1.21. The molecule has 0 radical (unpaired) electrons. The number of carbonyl (C=O) groups excluding carboxylic acids is 2. The second-order valence-electron chi connectivity index (χ2n) is 12.0. The fourth-order valence-electron chi connectivity index (χ4n) is 6.33. The van der Waals surface area contributed by atoms with Gasteiger partial charge in [-0.3, -0.25) is 19.6 Å². The van der Waals surface area contributed by atoms with Crippen molar-refractivity contribution in [3.63, 3.8) is 0 Å². The van der Waals surface area contributed by atoms with Gasteiger partial charge in [0.15, 0.2) is 11.5 Å². The third-order valence-electron chi connectivity index (χ3n) is 9.15. The van der Waals surface area contributed by atoms with Crippen LogP contribution >= 0.6 is 0 Å². The number of pyridine rings is 1. The number of H-pyrrole nitrogens is 1. The second kappa shape index (κ2) is 9.85. The molecule has 42 heavy (non-hydrogen) atoms. The van der Waals surface area contributed by atoms with E-state index in [1.165, 1.54) is 19.2 Å². The van der Waals surface area contributed by atoms with Crippen molar-refractivity contribution in [2.45, 2.75) is 62.2 Å². The van der Waals surface area contributed by atoms with Crippen molar-refractivity contribution in [3.8, 4) is 17.1 Å². The molecule has 0 bridgehead atoms. The smallest absolute Gasteiger partial charge is 0.395 e. The normalized spacial score (nSPS) is 25.8. The van der Waals surface area contributed by atoms with Gasteiger partial charge in [0.05, 0.1) is 31.0 Å². The number of carbonyl (C=O) groups is 2. The van der Waals surface area contributed by atoms with Crippen molar-refractivity contribution in [2.24, 2.45) is 11.3 Å². The minimum atomic E-state index is -4.45. The lowest BCUT2D eigenvalue weighted by molar-refractivity contribution is -0.191. The maximum absolute atomic E-state index is 14.8. The molecule has 2 aromatic heterocycles. The average molecular weight is 601 g/mol. The van der Waals surface area contributed by atoms with Crippen LogP contribution in [0.4, 0.5) is 26.3 Å². The molecule has 2 atom stereocenters. The van der Waals surface area contributed by atoms with Gasteiger partial charge in [-0.05, 0) is 44.6 Å². The fourth-order valence-corrected chi connectivity index (χ4v) is 6.33. The highest BCUT2D eigenvalue weighted by molar-refractivity contribution is 5.94. The zero-order valence-electron chi connectivity index (χ0n) is 22.7. The van der Waals surface area contributed by atoms with Gasteiger partial charge in [0.1, 0.15) is 6.04 Å². The molecule has 0 unspecified atom stereocenters. The molecule has 1 spiro atoms. The van der Waals surface area contributed by atoms with Crippen LogP contribution in [0.15, 0.2) is 18.3 Å². The number of alkyl halides is 5. The number of nitrogens with one attached hydrogen (secondary N) is 2. The number of rotatable bonds is 7. The molecule has 6 rings (SSSR count). The van der Waals surface area contributed by atoms with Gasteiger partial charge in [0.2, 0.25) is 11.8 Å². The molecule has 2 N–H and O–H groups in total. The molecule has 2 aliphatic carbocycles. The van der Waals surface area contributed by atoms with Crippen molar-refractivity contribution in [3.05, 3.63) is 29.8 Å². The summed E-state index contributed by atoms with van der Waals surface area (Å²) in [5.41, 5.74) is -2.11. The van der Waals surface area contributed by atoms with E-state index in [1.54, 1.807) is 4.90 Å². The largest absolute Gasteiger partial charge is 0.481 e. The van der Waals surface area contributed by atoms with Gasteiger partial charge in [-0.15, -0.1) is 0 Å². The Hall–Kier alpha value is -3.36. The first-order valence-electron chi connectivity index (χ1n) is 13.8. The second-order valence-corrected chi connectivity index (χ2v) is 12.0. The molecule has 4 fully saturated rings. The van der Waals surface area contributed by atoms with Gasteiger partial charge in [-0.1, -0.05) is 0 Å². The van der Waals surface area contributed by atoms with Gasteiger partial charge in [0, 0.05) is 42.7 Å². The van der Waals surface area contributed by atoms with E-state index in [1.807, 2.05) is 0 Å². The highest BCUT2D eigenvalue weighted by Crippen LogP contribution is 2.58. The number of likely N-dealkylation sites (tertiary alicyclic amines) is 2. The molecule has 2 amide bonds. The SMILES string of the molecule is COc1cc(-c2cc(C(=O)N3CC[C@H](C(=O)N[C@H]4CN(CC5(C(F)(F)F)CC5)CC4(F)F)CC34CC4)n[nH]2)c(F)cn1. The van der Waals surface area contributed by atoms with Gasteiger partial charge >= 0.3 is 6.18 Å². The summed E-state index contributed by atoms with van der Waals surface area (Å²) in [5, 5.41) is 9.14. The van der Waals surface area contributed by atoms with E-state index in [9.17, 15) is 35.9 Å². The van der Waals surface area contributed by atoms with Crippen LogP contribution in [0.2, 0.25) is 0 Å². The molecule has 0 aromatic carbocycles. The minimum absolute atomic E-state index is 0.0623. The Morgan fingerprint density at radius 3 is 2.57 bits per heavy atom. The molecule has 15 heteroatoms. The van der Waals surface area contributed by atoms with E-state index in [0.717, 1.165) is 11.1 Å². The molecule has 2 aliphatic heterocycles. The third-order valence-corrected chi connectivity index (χ3v) is 9.15. The lowest BCUT2D eigenvalue weighted by atomic mass is 9.87. The number of piperidine rings is 1. The van der Waals surface area contributed by atoms with Gasteiger partial charge in [0.25, 0.3) is 11.8 Å². The summed E-state index contributed by atoms with van der Waals surface area (Å²) in [7, 11) is 1.39. The number of halogens is 6. The van der Waals surface area contributed by atoms with E-state index < -0.39 is 65.7 Å². The van der Waals surface area contributed by atoms with E-state index in [2.05, 4.69) is 20.5 Å². The summed E-state index contributed by atoms with van der Waals surface area (Å²) in [6.07, 6.45) is -1.85. The Morgan fingerprint density at radius 2 is 1.93 bits per heavy atom. The zero-order chi connectivity index (χ0) is 30.1. The Kier molecular flexibility index (Phi) is 6.74. The van der Waals surface area contributed by atoms with Crippen LogP contribution in [0.3, 0.4) is 0 Å². The highest BCUT2D eigenvalue weighted by atomic mass is 19.4. The van der Waals surface area contributed by atoms with Crippen molar-refractivity contribution >= 4 is 11.8 Å². The Morgan fingerprint density at radius 1 is 1.19 bits per heavy atom. The van der Waals surface area contributed by atoms with Crippen LogP contribution < -0.4 is 10.1 Å². The van der Waals surface area contributed by atoms with E-state index in [-0.39, 0.29) is 61.6 Å². The molecule has 228 valence electrons. The van der Waals surface area contributed by atoms with Crippen LogP contribution in [-0.2, 0) is 4.79 Å². The summed E-state index contributed by atoms with van der Waals surface area (Å²) in [6.45, 7) is -1.50. The molecule has 2 saturated carbocycles. The highest BCUT2D eigenvalue weighted by Gasteiger charge is 2.65. The van der Waals surface area contributed by atoms with Crippen LogP contribution in [-0.4, -0.2) is 93.8 Å². The number of hydrogen-bond acceptors (Lipinski definition) is 6. The van der Waals surface area contributed by atoms with E-state index in [0.29, 0.717) is 12.8 Å². The molecule has 2 saturated heterocycles. The zero-order valence-corrected chi connectivity index (χ0v) is 22.7. The Bertz CT molecular complexity index is 1390. The summed E-state index contributed by atoms with van der Waals surface area (Å²) < 4.78 is 89.0. The van der Waals surface area contributed by atoms with Crippen molar-refractivity contribution in [1.29, 1.82) is 0 Å². The minimum Gasteiger partial charge on any atom is -0.481 e. The molecule has 2 aromatic rings. The number of methoxy groups -OCH3 is 1. The quantitative estimate of drug-likeness (QED) is 0.469. The summed E-state index contributed by atoms with van der Waals surface area (Å²) in [4.78, 5) is 33.0. The van der Waals surface area contributed by atoms with Crippen LogP contribution in [0, 0.1) is 17.2 Å². The third kappa shape index (κ3) is 5.09. The number of aromatic nitrogens is 3. The molecular formula is C27H30F6N6O3. The number of ether oxygens (including phenoxy) is 1. The maximum Gasteiger partial charge on any atom is 0.395 e. The molecule has 4 heterocycles. The topological polar surface area (TPSA) is 103 Å². The number of aromatic amines is 1. The predicted octanol–water partition coefficient (Wildman–Crippen LogP) is 3.78. The van der Waals surface area contributed by atoms with E-state index >= 15 is 0 Å². The standard InChI is InChI=1S/C27H30F6N6O3/c1-42-21-8-16(17(28)11-34-21)18-9-19(37-36-18)23(41)39-7-2-15(10-25(39)5-6-25)22(40)35-20-12-38(14-26(20,29)30)13-24(3-4-24)27(31,32)33/h8-9,11,15,20H,2-7,10,12-14H2,1H3,(H,35,40)(H,36,37)/t15-,20-/m0/s1. The lowest BCUT2D eigenvalue weighted by Gasteiger charge is -2.39. The first kappa shape index (κ1) is 28.7. The first-order chi connectivity index (χ1) is 19.8. The van der Waals surface area contributed by atoms with Crippen LogP contribution in [0.5, 0.6) is 5.88 Å². The predicted molar refractivity (Wildman–Crippen MR) is 135 cm³/mol. The summed E-state index contributed by atoms with van der Waals surface area (Å²) >= 11 is 0. The van der Waals surface area contributed by atoms with Gasteiger partial charge in [-0.2, -0.15) is 18.3 Å². The fraction of sp³-hybridized carbons (Fsp3) is 0.630. The number of amides is 2. The van der Waals surface area contributed by atoms with Gasteiger partial charge < -0.3 is 15.0 Å². The lowest BCUT2D eigenvalue weighted by Crippen LogP contribution is -2.54. The van der Waals surface area contributed by atoms with Gasteiger partial charge in [-0.25, -0.2) is 18.2 Å². The Balaban J connectivity index is 1.08. The number of hydrogen-bond donors (Lipinski definition) is 2. The maximum atomic E-state index is 14.8. The summed E-state index contributed by atoms with van der Waals surface area (Å²) in [5.74, 6) is -5.41. The first-order valence-corrected chi connectivity index (χ1v) is 13.8.